The summed E-state index contributed by atoms with van der Waals surface area (Å²) in [6.07, 6.45) is 1.10. The van der Waals surface area contributed by atoms with Crippen molar-refractivity contribution in [3.8, 4) is 0 Å². The zero-order valence-electron chi connectivity index (χ0n) is 11.4. The van der Waals surface area contributed by atoms with Crippen LogP contribution in [0, 0.1) is 0 Å². The van der Waals surface area contributed by atoms with Gasteiger partial charge in [-0.25, -0.2) is 0 Å². The van der Waals surface area contributed by atoms with E-state index >= 15 is 0 Å². The molecule has 0 radical (unpaired) electrons. The second-order valence-electron chi connectivity index (χ2n) is 5.15. The predicted molar refractivity (Wildman–Crippen MR) is 73.3 cm³/mol. The van der Waals surface area contributed by atoms with Crippen molar-refractivity contribution in [2.24, 2.45) is 0 Å². The lowest BCUT2D eigenvalue weighted by Crippen LogP contribution is -2.47. The summed E-state index contributed by atoms with van der Waals surface area (Å²) in [7, 11) is 0. The lowest BCUT2D eigenvalue weighted by atomic mass is 10.1. The third kappa shape index (κ3) is 3.13. The van der Waals surface area contributed by atoms with Gasteiger partial charge in [-0.2, -0.15) is 0 Å². The molecule has 0 aromatic heterocycles. The van der Waals surface area contributed by atoms with Crippen LogP contribution in [-0.2, 0) is 16.1 Å². The van der Waals surface area contributed by atoms with Crippen LogP contribution in [0.5, 0.6) is 0 Å². The third-order valence-corrected chi connectivity index (χ3v) is 3.42. The van der Waals surface area contributed by atoms with E-state index < -0.39 is 0 Å². The van der Waals surface area contributed by atoms with Gasteiger partial charge < -0.3 is 10.2 Å². The van der Waals surface area contributed by atoms with Gasteiger partial charge in [-0.05, 0) is 25.8 Å². The van der Waals surface area contributed by atoms with Gasteiger partial charge in [0.15, 0.2) is 0 Å². The number of likely N-dealkylation sites (tertiary alicyclic amines) is 1. The Hall–Kier alpha value is -1.84. The first kappa shape index (κ1) is 13.6. The molecule has 0 bridgehead atoms. The molecule has 1 fully saturated rings. The summed E-state index contributed by atoms with van der Waals surface area (Å²) in [4.78, 5) is 25.6. The van der Waals surface area contributed by atoms with Crippen LogP contribution in [0.4, 0.5) is 0 Å². The summed E-state index contributed by atoms with van der Waals surface area (Å²) in [5.74, 6) is 0.0262. The quantitative estimate of drug-likeness (QED) is 0.896. The largest absolute Gasteiger partial charge is 0.350 e. The Bertz CT molecular complexity index is 456. The monoisotopic (exact) mass is 260 g/mol. The molecule has 1 atom stereocenters. The van der Waals surface area contributed by atoms with Gasteiger partial charge in [0.1, 0.15) is 6.04 Å². The minimum absolute atomic E-state index is 0.0524. The zero-order chi connectivity index (χ0) is 13.8. The Balaban J connectivity index is 1.95. The fourth-order valence-corrected chi connectivity index (χ4v) is 2.51. The van der Waals surface area contributed by atoms with Gasteiger partial charge in [0.25, 0.3) is 0 Å². The fraction of sp³-hybridized carbons (Fsp3) is 0.467. The van der Waals surface area contributed by atoms with E-state index in [-0.39, 0.29) is 23.9 Å². The Morgan fingerprint density at radius 3 is 2.68 bits per heavy atom. The molecule has 1 N–H and O–H groups in total. The molecular weight excluding hydrogens is 240 g/mol. The first-order chi connectivity index (χ1) is 9.09. The molecule has 4 nitrogen and oxygen atoms in total. The minimum atomic E-state index is -0.309. The summed E-state index contributed by atoms with van der Waals surface area (Å²) in [6, 6.07) is 9.54. The molecule has 1 aliphatic heterocycles. The standard InChI is InChI=1S/C15H20N2O2/c1-11(2)17-13(8-9-14(17)18)15(19)16-10-12-6-4-3-5-7-12/h3-7,11,13H,8-10H2,1-2H3,(H,16,19)/t13-/m1/s1. The van der Waals surface area contributed by atoms with E-state index in [1.807, 2.05) is 44.2 Å². The van der Waals surface area contributed by atoms with E-state index in [0.29, 0.717) is 19.4 Å². The van der Waals surface area contributed by atoms with Crippen molar-refractivity contribution in [1.29, 1.82) is 0 Å². The molecule has 2 amide bonds. The van der Waals surface area contributed by atoms with Gasteiger partial charge in [-0.3, -0.25) is 9.59 Å². The fourth-order valence-electron chi connectivity index (χ4n) is 2.51. The number of benzene rings is 1. The van der Waals surface area contributed by atoms with Gasteiger partial charge in [-0.1, -0.05) is 30.3 Å². The highest BCUT2D eigenvalue weighted by Crippen LogP contribution is 2.21. The average molecular weight is 260 g/mol. The van der Waals surface area contributed by atoms with Crippen LogP contribution in [0.2, 0.25) is 0 Å². The second kappa shape index (κ2) is 5.87. The molecule has 0 saturated carbocycles. The Kier molecular flexibility index (Phi) is 4.20. The minimum Gasteiger partial charge on any atom is -0.350 e. The number of nitrogens with one attached hydrogen (secondary N) is 1. The number of amides is 2. The predicted octanol–water partition coefficient (Wildman–Crippen LogP) is 1.70. The first-order valence-corrected chi connectivity index (χ1v) is 6.72. The summed E-state index contributed by atoms with van der Waals surface area (Å²) in [5, 5.41) is 2.91. The number of rotatable bonds is 4. The molecule has 2 rings (SSSR count). The summed E-state index contributed by atoms with van der Waals surface area (Å²) >= 11 is 0. The molecule has 1 aromatic carbocycles. The summed E-state index contributed by atoms with van der Waals surface area (Å²) < 4.78 is 0. The molecule has 0 unspecified atom stereocenters. The van der Waals surface area contributed by atoms with Crippen LogP contribution in [0.3, 0.4) is 0 Å². The van der Waals surface area contributed by atoms with Gasteiger partial charge in [-0.15, -0.1) is 0 Å². The Labute approximate surface area is 113 Å². The van der Waals surface area contributed by atoms with Crippen molar-refractivity contribution in [3.63, 3.8) is 0 Å². The lowest BCUT2D eigenvalue weighted by molar-refractivity contribution is -0.137. The lowest BCUT2D eigenvalue weighted by Gasteiger charge is -2.27. The van der Waals surface area contributed by atoms with Crippen LogP contribution in [-0.4, -0.2) is 28.8 Å². The molecule has 0 aliphatic carbocycles. The van der Waals surface area contributed by atoms with Crippen molar-refractivity contribution < 1.29 is 9.59 Å². The van der Waals surface area contributed by atoms with Crippen LogP contribution in [0.1, 0.15) is 32.3 Å². The molecule has 0 spiro atoms. The SMILES string of the molecule is CC(C)N1C(=O)CC[C@@H]1C(=O)NCc1ccccc1. The van der Waals surface area contributed by atoms with Crippen molar-refractivity contribution in [3.05, 3.63) is 35.9 Å². The Morgan fingerprint density at radius 1 is 1.37 bits per heavy atom. The van der Waals surface area contributed by atoms with Gasteiger partial charge >= 0.3 is 0 Å². The van der Waals surface area contributed by atoms with Crippen LogP contribution < -0.4 is 5.32 Å². The van der Waals surface area contributed by atoms with Gasteiger partial charge in [0.2, 0.25) is 11.8 Å². The van der Waals surface area contributed by atoms with E-state index in [9.17, 15) is 9.59 Å². The van der Waals surface area contributed by atoms with Crippen LogP contribution >= 0.6 is 0 Å². The molecular formula is C15H20N2O2. The van der Waals surface area contributed by atoms with Gasteiger partial charge in [0.05, 0.1) is 0 Å². The molecule has 1 saturated heterocycles. The second-order valence-corrected chi connectivity index (χ2v) is 5.15. The molecule has 4 heteroatoms. The zero-order valence-corrected chi connectivity index (χ0v) is 11.4. The van der Waals surface area contributed by atoms with Crippen molar-refractivity contribution >= 4 is 11.8 Å². The van der Waals surface area contributed by atoms with Crippen molar-refractivity contribution in [1.82, 2.24) is 10.2 Å². The maximum absolute atomic E-state index is 12.2. The summed E-state index contributed by atoms with van der Waals surface area (Å²) in [5.41, 5.74) is 1.07. The highest BCUT2D eigenvalue weighted by molar-refractivity contribution is 5.91. The van der Waals surface area contributed by atoms with E-state index in [0.717, 1.165) is 5.56 Å². The molecule has 102 valence electrons. The third-order valence-electron chi connectivity index (χ3n) is 3.42. The molecule has 19 heavy (non-hydrogen) atoms. The average Bonchev–Trinajstić information content (AvgIpc) is 2.79. The van der Waals surface area contributed by atoms with Crippen molar-refractivity contribution in [2.45, 2.75) is 45.3 Å². The summed E-state index contributed by atoms with van der Waals surface area (Å²) in [6.45, 7) is 4.40. The maximum Gasteiger partial charge on any atom is 0.243 e. The molecule has 1 aliphatic rings. The number of carbonyl (C=O) groups is 2. The maximum atomic E-state index is 12.2. The van der Waals surface area contributed by atoms with E-state index in [2.05, 4.69) is 5.32 Å². The molecule has 1 heterocycles. The van der Waals surface area contributed by atoms with E-state index in [1.165, 1.54) is 0 Å². The number of nitrogens with zero attached hydrogens (tertiary/aromatic N) is 1. The highest BCUT2D eigenvalue weighted by Gasteiger charge is 2.37. The Morgan fingerprint density at radius 2 is 2.05 bits per heavy atom. The number of hydrogen-bond acceptors (Lipinski definition) is 2. The van der Waals surface area contributed by atoms with Crippen LogP contribution in [0.15, 0.2) is 30.3 Å². The van der Waals surface area contributed by atoms with Crippen LogP contribution in [0.25, 0.3) is 0 Å². The first-order valence-electron chi connectivity index (χ1n) is 6.72. The van der Waals surface area contributed by atoms with Gasteiger partial charge in [0, 0.05) is 19.0 Å². The van der Waals surface area contributed by atoms with Crippen molar-refractivity contribution in [2.75, 3.05) is 0 Å². The topological polar surface area (TPSA) is 49.4 Å². The highest BCUT2D eigenvalue weighted by atomic mass is 16.2. The molecule has 1 aromatic rings. The normalized spacial score (nSPS) is 19.0. The van der Waals surface area contributed by atoms with E-state index in [1.54, 1.807) is 4.90 Å². The smallest absolute Gasteiger partial charge is 0.243 e. The number of hydrogen-bond donors (Lipinski definition) is 1. The van der Waals surface area contributed by atoms with E-state index in [4.69, 9.17) is 0 Å². The number of carbonyl (C=O) groups excluding carboxylic acids is 2.